The van der Waals surface area contributed by atoms with E-state index in [0.717, 1.165) is 12.8 Å². The van der Waals surface area contributed by atoms with Gasteiger partial charge in [0.1, 0.15) is 6.04 Å². The van der Waals surface area contributed by atoms with Crippen molar-refractivity contribution in [3.05, 3.63) is 0 Å². The monoisotopic (exact) mass is 188 g/mol. The molecule has 0 aromatic heterocycles. The number of aliphatic carboxylic acids is 1. The van der Waals surface area contributed by atoms with Gasteiger partial charge in [-0.3, -0.25) is 4.79 Å². The normalized spacial score (nSPS) is 15.8. The van der Waals surface area contributed by atoms with Crippen LogP contribution in [0.1, 0.15) is 19.8 Å². The molecule has 4 nitrogen and oxygen atoms in total. The van der Waals surface area contributed by atoms with Gasteiger partial charge in [-0.05, 0) is 27.6 Å². The minimum atomic E-state index is -0.783. The highest BCUT2D eigenvalue weighted by Gasteiger charge is 2.27. The molecule has 0 spiro atoms. The molecule has 0 aromatic carbocycles. The lowest BCUT2D eigenvalue weighted by molar-refractivity contribution is -0.141. The number of hydrogen-bond donors (Lipinski definition) is 2. The lowest BCUT2D eigenvalue weighted by atomic mass is 10.0. The van der Waals surface area contributed by atoms with E-state index in [9.17, 15) is 4.79 Å². The van der Waals surface area contributed by atoms with Gasteiger partial charge in [-0.15, -0.1) is 0 Å². The van der Waals surface area contributed by atoms with Crippen LogP contribution in [-0.4, -0.2) is 49.2 Å². The Bertz CT molecular complexity index is 160. The van der Waals surface area contributed by atoms with E-state index in [4.69, 9.17) is 5.11 Å². The fourth-order valence-corrected chi connectivity index (χ4v) is 1.50. The van der Waals surface area contributed by atoms with Gasteiger partial charge in [0.25, 0.3) is 0 Å². The van der Waals surface area contributed by atoms with Crippen LogP contribution in [0.15, 0.2) is 0 Å². The Morgan fingerprint density at radius 1 is 1.54 bits per heavy atom. The van der Waals surface area contributed by atoms with Crippen molar-refractivity contribution in [3.8, 4) is 0 Å². The summed E-state index contributed by atoms with van der Waals surface area (Å²) in [7, 11) is 5.51. The first-order valence-electron chi connectivity index (χ1n) is 4.61. The summed E-state index contributed by atoms with van der Waals surface area (Å²) < 4.78 is 0. The van der Waals surface area contributed by atoms with E-state index in [1.54, 1.807) is 7.05 Å². The molecule has 13 heavy (non-hydrogen) atoms. The van der Waals surface area contributed by atoms with Gasteiger partial charge >= 0.3 is 5.97 Å². The lowest BCUT2D eigenvalue weighted by Gasteiger charge is -2.29. The van der Waals surface area contributed by atoms with Crippen molar-refractivity contribution in [3.63, 3.8) is 0 Å². The molecule has 2 unspecified atom stereocenters. The summed E-state index contributed by atoms with van der Waals surface area (Å²) in [6.07, 6.45) is 1.89. The van der Waals surface area contributed by atoms with E-state index < -0.39 is 12.0 Å². The molecular weight excluding hydrogens is 168 g/mol. The predicted molar refractivity (Wildman–Crippen MR) is 52.9 cm³/mol. The predicted octanol–water partition coefficient (Wildman–Crippen LogP) is 0.389. The average molecular weight is 188 g/mol. The van der Waals surface area contributed by atoms with Gasteiger partial charge in [0.15, 0.2) is 0 Å². The van der Waals surface area contributed by atoms with E-state index in [1.807, 2.05) is 19.0 Å². The molecule has 2 atom stereocenters. The number of carboxylic acid groups (broad SMARTS) is 1. The number of carbonyl (C=O) groups is 1. The van der Waals surface area contributed by atoms with Crippen LogP contribution < -0.4 is 5.32 Å². The summed E-state index contributed by atoms with van der Waals surface area (Å²) in [4.78, 5) is 12.8. The first kappa shape index (κ1) is 12.4. The van der Waals surface area contributed by atoms with Gasteiger partial charge in [-0.25, -0.2) is 0 Å². The molecule has 78 valence electrons. The average Bonchev–Trinajstić information content (AvgIpc) is 2.03. The van der Waals surface area contributed by atoms with Gasteiger partial charge in [0.05, 0.1) is 0 Å². The van der Waals surface area contributed by atoms with Crippen molar-refractivity contribution in [1.29, 1.82) is 0 Å². The van der Waals surface area contributed by atoms with Crippen LogP contribution in [0.4, 0.5) is 0 Å². The van der Waals surface area contributed by atoms with Crippen LogP contribution in [0, 0.1) is 0 Å². The van der Waals surface area contributed by atoms with E-state index in [-0.39, 0.29) is 6.04 Å². The second-order valence-electron chi connectivity index (χ2n) is 3.42. The van der Waals surface area contributed by atoms with E-state index in [0.29, 0.717) is 0 Å². The van der Waals surface area contributed by atoms with Crippen LogP contribution in [0.2, 0.25) is 0 Å². The Labute approximate surface area is 79.9 Å². The van der Waals surface area contributed by atoms with Crippen molar-refractivity contribution < 1.29 is 9.90 Å². The third-order valence-corrected chi connectivity index (χ3v) is 2.21. The number of nitrogens with zero attached hydrogens (tertiary/aromatic N) is 1. The van der Waals surface area contributed by atoms with Crippen LogP contribution in [0.25, 0.3) is 0 Å². The Kier molecular flexibility index (Phi) is 5.66. The molecule has 0 saturated heterocycles. The molecule has 0 radical (unpaired) electrons. The SMILES string of the molecule is CCCC(C(NC)C(=O)O)N(C)C. The molecule has 0 aliphatic rings. The second kappa shape index (κ2) is 5.94. The number of carboxylic acids is 1. The number of nitrogens with one attached hydrogen (secondary N) is 1. The van der Waals surface area contributed by atoms with E-state index >= 15 is 0 Å². The summed E-state index contributed by atoms with van der Waals surface area (Å²) in [5.41, 5.74) is 0. The van der Waals surface area contributed by atoms with Gasteiger partial charge in [0, 0.05) is 6.04 Å². The fourth-order valence-electron chi connectivity index (χ4n) is 1.50. The maximum Gasteiger partial charge on any atom is 0.322 e. The summed E-state index contributed by atoms with van der Waals surface area (Å²) in [6.45, 7) is 2.06. The maximum atomic E-state index is 10.9. The standard InChI is InChI=1S/C9H20N2O2/c1-5-6-7(11(3)4)8(10-2)9(12)13/h7-8,10H,5-6H2,1-4H3,(H,12,13). The smallest absolute Gasteiger partial charge is 0.322 e. The Morgan fingerprint density at radius 2 is 2.08 bits per heavy atom. The van der Waals surface area contributed by atoms with Gasteiger partial charge in [-0.1, -0.05) is 13.3 Å². The fraction of sp³-hybridized carbons (Fsp3) is 0.889. The van der Waals surface area contributed by atoms with Crippen molar-refractivity contribution in [1.82, 2.24) is 10.2 Å². The number of likely N-dealkylation sites (N-methyl/N-ethyl adjacent to an activating group) is 2. The molecule has 0 bridgehead atoms. The van der Waals surface area contributed by atoms with E-state index in [2.05, 4.69) is 12.2 Å². The van der Waals surface area contributed by atoms with Gasteiger partial charge < -0.3 is 15.3 Å². The lowest BCUT2D eigenvalue weighted by Crippen LogP contribution is -2.50. The third kappa shape index (κ3) is 3.74. The van der Waals surface area contributed by atoms with E-state index in [1.165, 1.54) is 0 Å². The van der Waals surface area contributed by atoms with Crippen molar-refractivity contribution >= 4 is 5.97 Å². The summed E-state index contributed by atoms with van der Waals surface area (Å²) in [6, 6.07) is -0.414. The van der Waals surface area contributed by atoms with Crippen LogP contribution in [0.3, 0.4) is 0 Å². The molecule has 0 fully saturated rings. The quantitative estimate of drug-likeness (QED) is 0.633. The Balaban J connectivity index is 4.38. The van der Waals surface area contributed by atoms with Crippen LogP contribution >= 0.6 is 0 Å². The Morgan fingerprint density at radius 3 is 2.31 bits per heavy atom. The molecule has 2 N–H and O–H groups in total. The molecule has 0 aliphatic carbocycles. The number of rotatable bonds is 6. The zero-order chi connectivity index (χ0) is 10.4. The molecule has 0 heterocycles. The minimum absolute atomic E-state index is 0.0625. The molecule has 4 heteroatoms. The minimum Gasteiger partial charge on any atom is -0.480 e. The zero-order valence-electron chi connectivity index (χ0n) is 8.87. The molecule has 0 amide bonds. The molecule has 0 rings (SSSR count). The van der Waals surface area contributed by atoms with Gasteiger partial charge in [-0.2, -0.15) is 0 Å². The Hall–Kier alpha value is -0.610. The topological polar surface area (TPSA) is 52.6 Å². The maximum absolute atomic E-state index is 10.9. The van der Waals surface area contributed by atoms with Crippen LogP contribution in [-0.2, 0) is 4.79 Å². The molecule has 0 aromatic rings. The first-order chi connectivity index (χ1) is 6.04. The van der Waals surface area contributed by atoms with Gasteiger partial charge in [0.2, 0.25) is 0 Å². The largest absolute Gasteiger partial charge is 0.480 e. The first-order valence-corrected chi connectivity index (χ1v) is 4.61. The highest BCUT2D eigenvalue weighted by Crippen LogP contribution is 2.08. The second-order valence-corrected chi connectivity index (χ2v) is 3.42. The van der Waals surface area contributed by atoms with Crippen molar-refractivity contribution in [2.24, 2.45) is 0 Å². The molecule has 0 aliphatic heterocycles. The third-order valence-electron chi connectivity index (χ3n) is 2.21. The van der Waals surface area contributed by atoms with Crippen molar-refractivity contribution in [2.75, 3.05) is 21.1 Å². The summed E-state index contributed by atoms with van der Waals surface area (Å²) in [5.74, 6) is -0.783. The zero-order valence-corrected chi connectivity index (χ0v) is 8.87. The summed E-state index contributed by atoms with van der Waals surface area (Å²) in [5, 5.41) is 11.8. The highest BCUT2D eigenvalue weighted by molar-refractivity contribution is 5.74. The highest BCUT2D eigenvalue weighted by atomic mass is 16.4. The number of hydrogen-bond acceptors (Lipinski definition) is 3. The molecular formula is C9H20N2O2. The molecule has 0 saturated carbocycles. The summed E-state index contributed by atoms with van der Waals surface area (Å²) >= 11 is 0. The van der Waals surface area contributed by atoms with Crippen LogP contribution in [0.5, 0.6) is 0 Å². The van der Waals surface area contributed by atoms with Crippen molar-refractivity contribution in [2.45, 2.75) is 31.8 Å².